The lowest BCUT2D eigenvalue weighted by molar-refractivity contribution is -0.114. The Morgan fingerprint density at radius 2 is 1.83 bits per heavy atom. The Balaban J connectivity index is 2.25. The summed E-state index contributed by atoms with van der Waals surface area (Å²) < 4.78 is 25.2. The molecule has 0 saturated carbocycles. The average molecular weight is 353 g/mol. The molecule has 5 nitrogen and oxygen atoms in total. The number of nitrogens with zero attached hydrogens (tertiary/aromatic N) is 1. The zero-order valence-electron chi connectivity index (χ0n) is 12.8. The first-order valence-electron chi connectivity index (χ1n) is 6.86. The number of carbonyl (C=O) groups is 1. The Bertz CT molecular complexity index is 807. The summed E-state index contributed by atoms with van der Waals surface area (Å²) in [4.78, 5) is 12.2. The van der Waals surface area contributed by atoms with E-state index in [4.69, 9.17) is 11.6 Å². The molecule has 2 rings (SSSR count). The van der Waals surface area contributed by atoms with Crippen LogP contribution in [-0.2, 0) is 14.8 Å². The highest BCUT2D eigenvalue weighted by atomic mass is 35.5. The van der Waals surface area contributed by atoms with Crippen molar-refractivity contribution in [1.29, 1.82) is 0 Å². The number of carbonyl (C=O) groups excluding carboxylic acids is 1. The van der Waals surface area contributed by atoms with Gasteiger partial charge in [-0.15, -0.1) is 0 Å². The fourth-order valence-corrected chi connectivity index (χ4v) is 3.27. The van der Waals surface area contributed by atoms with Crippen molar-refractivity contribution in [2.45, 2.75) is 6.92 Å². The van der Waals surface area contributed by atoms with Gasteiger partial charge in [0.1, 0.15) is 6.54 Å². The van der Waals surface area contributed by atoms with Gasteiger partial charge in [0, 0.05) is 10.7 Å². The zero-order chi connectivity index (χ0) is 17.0. The van der Waals surface area contributed by atoms with Crippen molar-refractivity contribution in [1.82, 2.24) is 0 Å². The lowest BCUT2D eigenvalue weighted by Crippen LogP contribution is -2.37. The lowest BCUT2D eigenvalue weighted by atomic mass is 10.2. The third-order valence-electron chi connectivity index (χ3n) is 3.17. The Kier molecular flexibility index (Phi) is 5.28. The van der Waals surface area contributed by atoms with Crippen LogP contribution in [-0.4, -0.2) is 27.1 Å². The number of anilines is 2. The fourth-order valence-electron chi connectivity index (χ4n) is 2.13. The molecule has 122 valence electrons. The molecule has 0 spiro atoms. The summed E-state index contributed by atoms with van der Waals surface area (Å²) >= 11 is 5.90. The number of hydrogen-bond acceptors (Lipinski definition) is 3. The molecule has 0 aliphatic rings. The van der Waals surface area contributed by atoms with E-state index in [9.17, 15) is 13.2 Å². The number of hydrogen-bond donors (Lipinski definition) is 1. The van der Waals surface area contributed by atoms with Gasteiger partial charge in [-0.25, -0.2) is 8.42 Å². The maximum Gasteiger partial charge on any atom is 0.245 e. The maximum atomic E-state index is 12.2. The van der Waals surface area contributed by atoms with E-state index >= 15 is 0 Å². The van der Waals surface area contributed by atoms with Gasteiger partial charge in [-0.2, -0.15) is 0 Å². The van der Waals surface area contributed by atoms with Crippen LogP contribution in [0.3, 0.4) is 0 Å². The number of para-hydroxylation sites is 1. The Morgan fingerprint density at radius 1 is 1.17 bits per heavy atom. The van der Waals surface area contributed by atoms with Crippen LogP contribution in [0.4, 0.5) is 11.4 Å². The summed E-state index contributed by atoms with van der Waals surface area (Å²) in [5, 5.41) is 3.18. The van der Waals surface area contributed by atoms with Gasteiger partial charge in [-0.3, -0.25) is 9.10 Å². The van der Waals surface area contributed by atoms with Crippen LogP contribution in [0.5, 0.6) is 0 Å². The highest BCUT2D eigenvalue weighted by molar-refractivity contribution is 7.92. The predicted molar refractivity (Wildman–Crippen MR) is 93.5 cm³/mol. The van der Waals surface area contributed by atoms with Gasteiger partial charge in [0.2, 0.25) is 15.9 Å². The number of sulfonamides is 1. The Morgan fingerprint density at radius 3 is 2.39 bits per heavy atom. The van der Waals surface area contributed by atoms with Crippen molar-refractivity contribution < 1.29 is 13.2 Å². The van der Waals surface area contributed by atoms with Gasteiger partial charge in [-0.05, 0) is 42.8 Å². The molecule has 1 N–H and O–H groups in total. The molecule has 0 saturated heterocycles. The molecule has 0 bridgehead atoms. The minimum atomic E-state index is -3.61. The van der Waals surface area contributed by atoms with Crippen molar-refractivity contribution in [2.24, 2.45) is 0 Å². The number of aryl methyl sites for hydroxylation is 1. The number of rotatable bonds is 5. The van der Waals surface area contributed by atoms with E-state index < -0.39 is 15.9 Å². The summed E-state index contributed by atoms with van der Waals surface area (Å²) in [6.07, 6.45) is 1.07. The fraction of sp³-hybridized carbons (Fsp3) is 0.188. The van der Waals surface area contributed by atoms with Crippen LogP contribution in [0.1, 0.15) is 5.56 Å². The second kappa shape index (κ2) is 7.02. The highest BCUT2D eigenvalue weighted by Crippen LogP contribution is 2.25. The number of amides is 1. The monoisotopic (exact) mass is 352 g/mol. The SMILES string of the molecule is Cc1cc(Cl)ccc1N(CC(=O)Nc1ccccc1)S(C)(=O)=O. The third-order valence-corrected chi connectivity index (χ3v) is 4.53. The number of benzene rings is 2. The van der Waals surface area contributed by atoms with Crippen LogP contribution < -0.4 is 9.62 Å². The van der Waals surface area contributed by atoms with Crippen LogP contribution in [0.2, 0.25) is 5.02 Å². The zero-order valence-corrected chi connectivity index (χ0v) is 14.4. The minimum absolute atomic E-state index is 0.309. The van der Waals surface area contributed by atoms with Gasteiger partial charge in [-0.1, -0.05) is 29.8 Å². The third kappa shape index (κ3) is 4.71. The lowest BCUT2D eigenvalue weighted by Gasteiger charge is -2.23. The quantitative estimate of drug-likeness (QED) is 0.899. The van der Waals surface area contributed by atoms with Gasteiger partial charge in [0.05, 0.1) is 11.9 Å². The number of halogens is 1. The summed E-state index contributed by atoms with van der Waals surface area (Å²) in [5.41, 5.74) is 1.72. The van der Waals surface area contributed by atoms with E-state index in [2.05, 4.69) is 5.32 Å². The molecule has 2 aromatic carbocycles. The molecule has 7 heteroatoms. The second-order valence-electron chi connectivity index (χ2n) is 5.11. The van der Waals surface area contributed by atoms with Gasteiger partial charge >= 0.3 is 0 Å². The van der Waals surface area contributed by atoms with Crippen molar-refractivity contribution in [3.8, 4) is 0 Å². The van der Waals surface area contributed by atoms with Crippen LogP contribution in [0.25, 0.3) is 0 Å². The van der Waals surface area contributed by atoms with Crippen LogP contribution >= 0.6 is 11.6 Å². The first-order chi connectivity index (χ1) is 10.8. The smallest absolute Gasteiger partial charge is 0.245 e. The van der Waals surface area contributed by atoms with Crippen molar-refractivity contribution >= 4 is 38.9 Å². The molecule has 0 fully saturated rings. The Labute approximate surface area is 140 Å². The predicted octanol–water partition coefficient (Wildman–Crippen LogP) is 3.05. The summed E-state index contributed by atoms with van der Waals surface area (Å²) in [5.74, 6) is -0.420. The van der Waals surface area contributed by atoms with E-state index in [1.54, 1.807) is 49.4 Å². The largest absolute Gasteiger partial charge is 0.325 e. The van der Waals surface area contributed by atoms with Gasteiger partial charge < -0.3 is 5.32 Å². The molecule has 2 aromatic rings. The van der Waals surface area contributed by atoms with E-state index in [-0.39, 0.29) is 6.54 Å². The molecule has 0 heterocycles. The van der Waals surface area contributed by atoms with Crippen LogP contribution in [0, 0.1) is 6.92 Å². The van der Waals surface area contributed by atoms with E-state index in [0.29, 0.717) is 22.0 Å². The molecule has 0 atom stereocenters. The second-order valence-corrected chi connectivity index (χ2v) is 7.46. The highest BCUT2D eigenvalue weighted by Gasteiger charge is 2.22. The summed E-state index contributed by atoms with van der Waals surface area (Å²) in [6.45, 7) is 1.44. The summed E-state index contributed by atoms with van der Waals surface area (Å²) in [6, 6.07) is 13.7. The van der Waals surface area contributed by atoms with E-state index in [0.717, 1.165) is 10.6 Å². The average Bonchev–Trinajstić information content (AvgIpc) is 2.45. The minimum Gasteiger partial charge on any atom is -0.325 e. The molecular weight excluding hydrogens is 336 g/mol. The van der Waals surface area contributed by atoms with Gasteiger partial charge in [0.15, 0.2) is 0 Å². The van der Waals surface area contributed by atoms with Crippen molar-refractivity contribution in [3.63, 3.8) is 0 Å². The van der Waals surface area contributed by atoms with E-state index in [1.807, 2.05) is 6.07 Å². The van der Waals surface area contributed by atoms with Crippen molar-refractivity contribution in [3.05, 3.63) is 59.1 Å². The molecule has 0 aliphatic heterocycles. The molecule has 0 radical (unpaired) electrons. The standard InChI is InChI=1S/C16H17ClN2O3S/c1-12-10-13(17)8-9-15(12)19(23(2,21)22)11-16(20)18-14-6-4-3-5-7-14/h3-10H,11H2,1-2H3,(H,18,20). The first-order valence-corrected chi connectivity index (χ1v) is 9.09. The molecule has 0 unspecified atom stereocenters. The Hall–Kier alpha value is -2.05. The van der Waals surface area contributed by atoms with Gasteiger partial charge in [0.25, 0.3) is 0 Å². The number of nitrogens with one attached hydrogen (secondary N) is 1. The maximum absolute atomic E-state index is 12.2. The molecule has 23 heavy (non-hydrogen) atoms. The normalized spacial score (nSPS) is 11.1. The molecule has 1 amide bonds. The summed E-state index contributed by atoms with van der Waals surface area (Å²) in [7, 11) is -3.61. The van der Waals surface area contributed by atoms with Crippen LogP contribution in [0.15, 0.2) is 48.5 Å². The molecule has 0 aliphatic carbocycles. The van der Waals surface area contributed by atoms with E-state index in [1.165, 1.54) is 0 Å². The molecular formula is C16H17ClN2O3S. The first kappa shape index (κ1) is 17.3. The topological polar surface area (TPSA) is 66.5 Å². The molecule has 0 aromatic heterocycles. The van der Waals surface area contributed by atoms with Crippen molar-refractivity contribution in [2.75, 3.05) is 22.4 Å².